The Hall–Kier alpha value is -0.320. The van der Waals surface area contributed by atoms with Crippen LogP contribution in [0.4, 0.5) is 0 Å². The molecule has 0 aliphatic heterocycles. The van der Waals surface area contributed by atoms with Crippen molar-refractivity contribution in [2.24, 2.45) is 0 Å². The zero-order valence-electron chi connectivity index (χ0n) is 10.1. The predicted molar refractivity (Wildman–Crippen MR) is 71.1 cm³/mol. The maximum Gasteiger partial charge on any atom is 0.321 e. The lowest BCUT2D eigenvalue weighted by atomic mass is 10.2. The van der Waals surface area contributed by atoms with Crippen LogP contribution in [0.15, 0.2) is 0 Å². The largest absolute Gasteiger partial charge is 0.480 e. The van der Waals surface area contributed by atoms with Crippen LogP contribution in [-0.2, 0) is 24.7 Å². The van der Waals surface area contributed by atoms with E-state index in [9.17, 15) is 21.6 Å². The van der Waals surface area contributed by atoms with E-state index in [0.29, 0.717) is 5.75 Å². The zero-order valence-corrected chi connectivity index (χ0v) is 12.6. The van der Waals surface area contributed by atoms with Crippen molar-refractivity contribution in [3.63, 3.8) is 0 Å². The van der Waals surface area contributed by atoms with E-state index < -0.39 is 43.4 Å². The van der Waals surface area contributed by atoms with Gasteiger partial charge in [0.05, 0.1) is 11.5 Å². The number of thioether (sulfide) groups is 1. The molecular weight excluding hydrogens is 302 g/mol. The monoisotopic (exact) mass is 319 g/mol. The number of nitrogens with one attached hydrogen (secondary N) is 1. The minimum Gasteiger partial charge on any atom is -0.480 e. The summed E-state index contributed by atoms with van der Waals surface area (Å²) in [4.78, 5) is 10.8. The molecule has 0 rings (SSSR count). The van der Waals surface area contributed by atoms with E-state index >= 15 is 0 Å². The predicted octanol–water partition coefficient (Wildman–Crippen LogP) is -0.843. The molecule has 108 valence electrons. The lowest BCUT2D eigenvalue weighted by Crippen LogP contribution is -2.43. The average Bonchev–Trinajstić information content (AvgIpc) is 2.20. The van der Waals surface area contributed by atoms with Crippen molar-refractivity contribution in [2.75, 3.05) is 29.8 Å². The van der Waals surface area contributed by atoms with Gasteiger partial charge in [-0.25, -0.2) is 21.6 Å². The zero-order chi connectivity index (χ0) is 14.4. The fraction of sp³-hybridized carbons (Fsp3) is 0.875. The topological polar surface area (TPSA) is 118 Å². The lowest BCUT2D eigenvalue weighted by molar-refractivity contribution is -0.139. The third-order valence-corrected chi connectivity index (χ3v) is 5.19. The number of rotatable bonds is 9. The second kappa shape index (κ2) is 7.31. The van der Waals surface area contributed by atoms with Gasteiger partial charge >= 0.3 is 5.97 Å². The van der Waals surface area contributed by atoms with Crippen molar-refractivity contribution in [1.29, 1.82) is 0 Å². The van der Waals surface area contributed by atoms with E-state index in [1.165, 1.54) is 11.8 Å². The normalized spacial score (nSPS) is 14.3. The van der Waals surface area contributed by atoms with Crippen molar-refractivity contribution in [1.82, 2.24) is 4.72 Å². The van der Waals surface area contributed by atoms with Gasteiger partial charge in [-0.15, -0.1) is 0 Å². The van der Waals surface area contributed by atoms with Crippen molar-refractivity contribution in [3.8, 4) is 0 Å². The Morgan fingerprint density at radius 1 is 1.28 bits per heavy atom. The third kappa shape index (κ3) is 8.72. The molecule has 0 aromatic rings. The second-order valence-corrected chi connectivity index (χ2v) is 8.86. The van der Waals surface area contributed by atoms with E-state index in [-0.39, 0.29) is 6.42 Å². The molecule has 0 amide bonds. The third-order valence-electron chi connectivity index (χ3n) is 1.95. The van der Waals surface area contributed by atoms with Crippen LogP contribution in [0.25, 0.3) is 0 Å². The summed E-state index contributed by atoms with van der Waals surface area (Å²) in [5.74, 6) is -1.94. The van der Waals surface area contributed by atoms with E-state index in [4.69, 9.17) is 5.11 Å². The molecule has 0 fully saturated rings. The number of carbonyl (C=O) groups is 1. The molecule has 18 heavy (non-hydrogen) atoms. The summed E-state index contributed by atoms with van der Waals surface area (Å²) in [5, 5.41) is 8.84. The molecule has 0 spiro atoms. The Labute approximate surface area is 111 Å². The van der Waals surface area contributed by atoms with Crippen LogP contribution in [-0.4, -0.2) is 63.7 Å². The number of aliphatic carboxylic acids is 1. The summed E-state index contributed by atoms with van der Waals surface area (Å²) in [6, 6.07) is -1.22. The van der Waals surface area contributed by atoms with Crippen LogP contribution in [0.3, 0.4) is 0 Å². The molecule has 0 unspecified atom stereocenters. The summed E-state index contributed by atoms with van der Waals surface area (Å²) >= 11 is 1.40. The van der Waals surface area contributed by atoms with Crippen LogP contribution in [0, 0.1) is 0 Å². The SMILES string of the molecule is CSCC[C@H](NS(=O)(=O)CCS(C)(=O)=O)C(=O)O. The van der Waals surface area contributed by atoms with Crippen molar-refractivity contribution >= 4 is 37.6 Å². The molecule has 1 atom stereocenters. The van der Waals surface area contributed by atoms with Crippen molar-refractivity contribution in [2.45, 2.75) is 12.5 Å². The van der Waals surface area contributed by atoms with E-state index in [2.05, 4.69) is 0 Å². The van der Waals surface area contributed by atoms with E-state index in [1.54, 1.807) is 6.26 Å². The number of carboxylic acid groups (broad SMARTS) is 1. The first-order chi connectivity index (χ1) is 8.07. The van der Waals surface area contributed by atoms with Gasteiger partial charge in [0.2, 0.25) is 10.0 Å². The van der Waals surface area contributed by atoms with Crippen LogP contribution < -0.4 is 4.72 Å². The van der Waals surface area contributed by atoms with Crippen LogP contribution in [0.2, 0.25) is 0 Å². The molecule has 0 radical (unpaired) electrons. The molecule has 2 N–H and O–H groups in total. The molecule has 10 heteroatoms. The summed E-state index contributed by atoms with van der Waals surface area (Å²) in [6.45, 7) is 0. The van der Waals surface area contributed by atoms with Gasteiger partial charge in [0.1, 0.15) is 15.9 Å². The van der Waals surface area contributed by atoms with Gasteiger partial charge in [-0.1, -0.05) is 0 Å². The van der Waals surface area contributed by atoms with Crippen molar-refractivity contribution in [3.05, 3.63) is 0 Å². The van der Waals surface area contributed by atoms with Crippen LogP contribution in [0.5, 0.6) is 0 Å². The lowest BCUT2D eigenvalue weighted by Gasteiger charge is -2.13. The molecule has 0 saturated heterocycles. The maximum atomic E-state index is 11.5. The standard InChI is InChI=1S/C8H17NO6S3/c1-16-4-3-7(8(10)11)9-18(14,15)6-5-17(2,12)13/h7,9H,3-6H2,1-2H3,(H,10,11)/t7-/m0/s1. The van der Waals surface area contributed by atoms with Gasteiger partial charge in [-0.2, -0.15) is 11.8 Å². The van der Waals surface area contributed by atoms with E-state index in [1.807, 2.05) is 4.72 Å². The smallest absolute Gasteiger partial charge is 0.321 e. The molecule has 0 saturated carbocycles. The van der Waals surface area contributed by atoms with Gasteiger partial charge in [-0.3, -0.25) is 4.79 Å². The van der Waals surface area contributed by atoms with Crippen LogP contribution in [0.1, 0.15) is 6.42 Å². The Morgan fingerprint density at radius 2 is 1.83 bits per heavy atom. The quantitative estimate of drug-likeness (QED) is 0.568. The first kappa shape index (κ1) is 17.7. The molecule has 0 aliphatic rings. The second-order valence-electron chi connectivity index (χ2n) is 3.74. The molecule has 0 aromatic heterocycles. The summed E-state index contributed by atoms with van der Waals surface area (Å²) < 4.78 is 46.7. The Bertz CT molecular complexity index is 469. The van der Waals surface area contributed by atoms with Crippen molar-refractivity contribution < 1.29 is 26.7 Å². The number of hydrogen-bond acceptors (Lipinski definition) is 6. The fourth-order valence-electron chi connectivity index (χ4n) is 1.01. The summed E-state index contributed by atoms with van der Waals surface area (Å²) in [6.07, 6.45) is 2.84. The fourth-order valence-corrected chi connectivity index (χ4v) is 4.34. The highest BCUT2D eigenvalue weighted by molar-refractivity contribution is 7.98. The van der Waals surface area contributed by atoms with E-state index in [0.717, 1.165) is 6.26 Å². The Kier molecular flexibility index (Phi) is 7.18. The number of sulfone groups is 1. The minimum atomic E-state index is -3.91. The average molecular weight is 319 g/mol. The molecule has 0 heterocycles. The Morgan fingerprint density at radius 3 is 2.22 bits per heavy atom. The number of hydrogen-bond donors (Lipinski definition) is 2. The van der Waals surface area contributed by atoms with Gasteiger partial charge in [0.15, 0.2) is 0 Å². The number of sulfonamides is 1. The minimum absolute atomic E-state index is 0.147. The highest BCUT2D eigenvalue weighted by Crippen LogP contribution is 2.03. The van der Waals surface area contributed by atoms with Gasteiger partial charge < -0.3 is 5.11 Å². The molecule has 0 aromatic carbocycles. The molecule has 0 bridgehead atoms. The number of carboxylic acids is 1. The molecular formula is C8H17NO6S3. The summed E-state index contributed by atoms with van der Waals surface area (Å²) in [7, 11) is -7.31. The van der Waals surface area contributed by atoms with Gasteiger partial charge in [0, 0.05) is 6.26 Å². The maximum absolute atomic E-state index is 11.5. The van der Waals surface area contributed by atoms with Gasteiger partial charge in [-0.05, 0) is 18.4 Å². The first-order valence-corrected chi connectivity index (χ1v) is 10.1. The Balaban J connectivity index is 4.56. The van der Waals surface area contributed by atoms with Crippen LogP contribution >= 0.6 is 11.8 Å². The highest BCUT2D eigenvalue weighted by Gasteiger charge is 2.24. The molecule has 0 aliphatic carbocycles. The highest BCUT2D eigenvalue weighted by atomic mass is 32.2. The molecule has 7 nitrogen and oxygen atoms in total. The summed E-state index contributed by atoms with van der Waals surface area (Å²) in [5.41, 5.74) is 0. The first-order valence-electron chi connectivity index (χ1n) is 4.97. The van der Waals surface area contributed by atoms with Gasteiger partial charge in [0.25, 0.3) is 0 Å².